The minimum atomic E-state index is 0.0314. The van der Waals surface area contributed by atoms with Gasteiger partial charge >= 0.3 is 0 Å². The van der Waals surface area contributed by atoms with Crippen LogP contribution in [0.2, 0.25) is 0 Å². The Labute approximate surface area is 239 Å². The number of piperazine rings is 1. The first kappa shape index (κ1) is 26.7. The number of benzene rings is 2. The lowest BCUT2D eigenvalue weighted by atomic mass is 10.1. The topological polar surface area (TPSA) is 82.6 Å². The first-order valence-corrected chi connectivity index (χ1v) is 14.9. The summed E-state index contributed by atoms with van der Waals surface area (Å²) >= 11 is 1.82. The van der Waals surface area contributed by atoms with Gasteiger partial charge in [-0.1, -0.05) is 24.3 Å². The van der Waals surface area contributed by atoms with E-state index >= 15 is 0 Å². The largest absolute Gasteiger partial charge is 0.381 e. The van der Waals surface area contributed by atoms with Gasteiger partial charge in [0.2, 0.25) is 5.91 Å². The van der Waals surface area contributed by atoms with Gasteiger partial charge in [0, 0.05) is 60.2 Å². The van der Waals surface area contributed by atoms with Crippen molar-refractivity contribution in [3.8, 4) is 10.4 Å². The first-order valence-electron chi connectivity index (χ1n) is 14.1. The summed E-state index contributed by atoms with van der Waals surface area (Å²) in [7, 11) is 1.98. The highest BCUT2D eigenvalue weighted by molar-refractivity contribution is 7.15. The molecular formula is C31H36N6O2S. The molecule has 0 spiro atoms. The number of nitrogens with one attached hydrogen (secondary N) is 2. The van der Waals surface area contributed by atoms with Gasteiger partial charge in [-0.2, -0.15) is 10.2 Å². The Kier molecular flexibility index (Phi) is 7.95. The summed E-state index contributed by atoms with van der Waals surface area (Å²) in [5.41, 5.74) is 5.56. The van der Waals surface area contributed by atoms with Crippen LogP contribution in [0.3, 0.4) is 0 Å². The Balaban J connectivity index is 1.17. The number of anilines is 2. The second kappa shape index (κ2) is 11.9. The van der Waals surface area contributed by atoms with E-state index < -0.39 is 0 Å². The van der Waals surface area contributed by atoms with Crippen molar-refractivity contribution in [1.29, 1.82) is 0 Å². The van der Waals surface area contributed by atoms with E-state index in [9.17, 15) is 4.79 Å². The predicted molar refractivity (Wildman–Crippen MR) is 162 cm³/mol. The zero-order chi connectivity index (χ0) is 27.5. The molecule has 40 heavy (non-hydrogen) atoms. The second-order valence-electron chi connectivity index (χ2n) is 10.6. The molecule has 0 saturated carbocycles. The zero-order valence-corrected chi connectivity index (χ0v) is 23.9. The summed E-state index contributed by atoms with van der Waals surface area (Å²) in [6.45, 7) is 7.40. The lowest BCUT2D eigenvalue weighted by molar-refractivity contribution is -0.135. The van der Waals surface area contributed by atoms with E-state index in [0.29, 0.717) is 13.2 Å². The quantitative estimate of drug-likeness (QED) is 0.318. The number of hydrogen-bond donors (Lipinski definition) is 2. The Bertz CT molecular complexity index is 1480. The number of aromatic nitrogens is 2. The molecule has 9 heteroatoms. The number of hydrogen-bond acceptors (Lipinski definition) is 8. The summed E-state index contributed by atoms with van der Waals surface area (Å²) in [5, 5.41) is 16.7. The molecule has 2 N–H and O–H groups in total. The highest BCUT2D eigenvalue weighted by Crippen LogP contribution is 2.36. The fraction of sp³-hybridized carbons (Fsp3) is 0.387. The van der Waals surface area contributed by atoms with Gasteiger partial charge in [-0.15, -0.1) is 11.3 Å². The smallest absolute Gasteiger partial charge is 0.228 e. The Morgan fingerprint density at radius 1 is 1.12 bits per heavy atom. The molecule has 2 fully saturated rings. The second-order valence-corrected chi connectivity index (χ2v) is 11.7. The van der Waals surface area contributed by atoms with Gasteiger partial charge in [0.1, 0.15) is 0 Å². The molecule has 4 heterocycles. The van der Waals surface area contributed by atoms with Gasteiger partial charge in [-0.25, -0.2) is 0 Å². The molecule has 4 aromatic rings. The van der Waals surface area contributed by atoms with Crippen LogP contribution in [0, 0.1) is 5.92 Å². The zero-order valence-electron chi connectivity index (χ0n) is 23.1. The molecule has 2 aromatic carbocycles. The third-order valence-electron chi connectivity index (χ3n) is 7.93. The van der Waals surface area contributed by atoms with Crippen LogP contribution in [0.5, 0.6) is 0 Å². The minimum absolute atomic E-state index is 0.0314. The van der Waals surface area contributed by atoms with Crippen LogP contribution in [0.25, 0.3) is 21.3 Å². The number of carbonyl (C=O) groups is 1. The van der Waals surface area contributed by atoms with E-state index in [1.54, 1.807) is 0 Å². The van der Waals surface area contributed by atoms with E-state index in [1.165, 1.54) is 20.9 Å². The van der Waals surface area contributed by atoms with Crippen molar-refractivity contribution in [3.63, 3.8) is 0 Å². The molecule has 2 aliphatic heterocycles. The van der Waals surface area contributed by atoms with Crippen LogP contribution in [-0.2, 0) is 16.1 Å². The number of thiophene rings is 1. The fourth-order valence-electron chi connectivity index (χ4n) is 5.67. The molecule has 2 aliphatic rings. The lowest BCUT2D eigenvalue weighted by Gasteiger charge is -2.37. The lowest BCUT2D eigenvalue weighted by Crippen LogP contribution is -2.50. The molecule has 2 saturated heterocycles. The molecule has 1 amide bonds. The van der Waals surface area contributed by atoms with Gasteiger partial charge < -0.3 is 25.2 Å². The normalized spacial score (nSPS) is 18.3. The van der Waals surface area contributed by atoms with Gasteiger partial charge in [-0.3, -0.25) is 4.79 Å². The van der Waals surface area contributed by atoms with Gasteiger partial charge in [0.25, 0.3) is 0 Å². The Morgan fingerprint density at radius 3 is 2.77 bits per heavy atom. The molecule has 0 aliphatic carbocycles. The predicted octanol–water partition coefficient (Wildman–Crippen LogP) is 4.94. The molecular weight excluding hydrogens is 520 g/mol. The van der Waals surface area contributed by atoms with Gasteiger partial charge in [0.15, 0.2) is 0 Å². The average Bonchev–Trinajstić information content (AvgIpc) is 3.71. The number of nitrogens with zero attached hydrogens (tertiary/aromatic N) is 4. The summed E-state index contributed by atoms with van der Waals surface area (Å²) in [4.78, 5) is 19.7. The molecule has 8 nitrogen and oxygen atoms in total. The van der Waals surface area contributed by atoms with Crippen molar-refractivity contribution < 1.29 is 9.53 Å². The van der Waals surface area contributed by atoms with E-state index in [2.05, 4.69) is 81.2 Å². The van der Waals surface area contributed by atoms with Crippen LogP contribution < -0.4 is 15.5 Å². The van der Waals surface area contributed by atoms with Crippen LogP contribution in [0.15, 0.2) is 60.8 Å². The number of rotatable bonds is 8. The molecule has 208 valence electrons. The van der Waals surface area contributed by atoms with Crippen molar-refractivity contribution in [2.24, 2.45) is 5.92 Å². The fourth-order valence-corrected chi connectivity index (χ4v) is 6.74. The van der Waals surface area contributed by atoms with Crippen molar-refractivity contribution in [3.05, 3.63) is 71.2 Å². The van der Waals surface area contributed by atoms with Crippen LogP contribution >= 0.6 is 11.3 Å². The maximum Gasteiger partial charge on any atom is 0.228 e. The Morgan fingerprint density at radius 2 is 1.98 bits per heavy atom. The molecule has 0 bridgehead atoms. The third-order valence-corrected chi connectivity index (χ3v) is 9.23. The SMILES string of the molecule is CNCc1ccccc1-c1ccc([C@@H](C)Nc2cnnc3ccc(N4CCN(C(=O)C5CCOC5)CC4)cc23)s1. The summed E-state index contributed by atoms with van der Waals surface area (Å²) in [6, 6.07) is 19.5. The molecule has 6 rings (SSSR count). The van der Waals surface area contributed by atoms with E-state index in [1.807, 2.05) is 35.5 Å². The van der Waals surface area contributed by atoms with Crippen LogP contribution in [0.4, 0.5) is 11.4 Å². The minimum Gasteiger partial charge on any atom is -0.381 e. The van der Waals surface area contributed by atoms with Crippen LogP contribution in [0.1, 0.15) is 29.8 Å². The molecule has 2 atom stereocenters. The van der Waals surface area contributed by atoms with Crippen molar-refractivity contribution in [2.75, 3.05) is 56.7 Å². The van der Waals surface area contributed by atoms with Crippen LogP contribution in [-0.4, -0.2) is 67.4 Å². The highest BCUT2D eigenvalue weighted by atomic mass is 32.1. The third kappa shape index (κ3) is 5.54. The van der Waals surface area contributed by atoms with E-state index in [0.717, 1.165) is 61.4 Å². The number of carbonyl (C=O) groups excluding carboxylic acids is 1. The van der Waals surface area contributed by atoms with Gasteiger partial charge in [-0.05, 0) is 61.9 Å². The average molecular weight is 557 g/mol. The molecule has 1 unspecified atom stereocenters. The standard InChI is InChI=1S/C31H36N6O2S/c1-21(29-9-10-30(40-29)25-6-4-3-5-22(25)18-32-2)34-28-19-33-35-27-8-7-24(17-26(27)28)36-12-14-37(15-13-36)31(38)23-11-16-39-20-23/h3-10,17,19,21,23,32H,11-16,18,20H2,1-2H3,(H,34,35)/t21-,23?/m1/s1. The number of fused-ring (bicyclic) bond motifs is 1. The van der Waals surface area contributed by atoms with Crippen molar-refractivity contribution in [1.82, 2.24) is 20.4 Å². The van der Waals surface area contributed by atoms with Crippen molar-refractivity contribution in [2.45, 2.75) is 25.9 Å². The summed E-state index contributed by atoms with van der Waals surface area (Å²) in [5.74, 6) is 0.276. The maximum atomic E-state index is 12.8. The monoisotopic (exact) mass is 556 g/mol. The van der Waals surface area contributed by atoms with E-state index in [4.69, 9.17) is 4.74 Å². The van der Waals surface area contributed by atoms with Gasteiger partial charge in [0.05, 0.1) is 36.0 Å². The number of amides is 1. The number of ether oxygens (including phenoxy) is 1. The van der Waals surface area contributed by atoms with E-state index in [-0.39, 0.29) is 17.9 Å². The molecule has 2 aromatic heterocycles. The summed E-state index contributed by atoms with van der Waals surface area (Å²) < 4.78 is 5.43. The first-order chi connectivity index (χ1) is 19.6. The summed E-state index contributed by atoms with van der Waals surface area (Å²) in [6.07, 6.45) is 2.66. The maximum absolute atomic E-state index is 12.8. The Hall–Kier alpha value is -3.53. The molecule has 0 radical (unpaired) electrons. The van der Waals surface area contributed by atoms with Crippen molar-refractivity contribution >= 4 is 39.5 Å². The highest BCUT2D eigenvalue weighted by Gasteiger charge is 2.30.